The van der Waals surface area contributed by atoms with E-state index in [2.05, 4.69) is 38.0 Å². The lowest BCUT2D eigenvalue weighted by Crippen LogP contribution is -2.55. The van der Waals surface area contributed by atoms with Gasteiger partial charge < -0.3 is 10.1 Å². The van der Waals surface area contributed by atoms with Crippen molar-refractivity contribution in [2.75, 3.05) is 20.2 Å². The molecule has 3 heteroatoms. The summed E-state index contributed by atoms with van der Waals surface area (Å²) in [7, 11) is 2.10. The number of rotatable bonds is 4. The number of hydrogen-bond acceptors (Lipinski definition) is 3. The van der Waals surface area contributed by atoms with Crippen LogP contribution in [-0.2, 0) is 4.74 Å². The highest BCUT2D eigenvalue weighted by molar-refractivity contribution is 4.93. The molecule has 0 aromatic rings. The fourth-order valence-electron chi connectivity index (χ4n) is 4.02. The van der Waals surface area contributed by atoms with E-state index in [1.54, 1.807) is 0 Å². The summed E-state index contributed by atoms with van der Waals surface area (Å²) < 4.78 is 6.12. The van der Waals surface area contributed by atoms with Gasteiger partial charge >= 0.3 is 0 Å². The highest BCUT2D eigenvalue weighted by atomic mass is 16.5. The van der Waals surface area contributed by atoms with Crippen LogP contribution in [0.3, 0.4) is 0 Å². The largest absolute Gasteiger partial charge is 0.375 e. The Morgan fingerprint density at radius 1 is 1.26 bits per heavy atom. The predicted octanol–water partition coefficient (Wildman–Crippen LogP) is 2.80. The van der Waals surface area contributed by atoms with Gasteiger partial charge in [-0.3, -0.25) is 4.90 Å². The van der Waals surface area contributed by atoms with Crippen LogP contribution in [0.1, 0.15) is 59.3 Å². The molecule has 3 atom stereocenters. The number of hydrogen-bond donors (Lipinski definition) is 1. The standard InChI is InChI=1S/C16H32N2O/c1-5-16(6-2)12-15(8-10-19-16)18-9-7-14(17-4)11-13(18)3/h13-15,17H,5-12H2,1-4H3. The van der Waals surface area contributed by atoms with E-state index in [1.165, 1.54) is 32.2 Å². The Labute approximate surface area is 119 Å². The molecule has 2 aliphatic heterocycles. The van der Waals surface area contributed by atoms with Crippen molar-refractivity contribution in [2.45, 2.75) is 83.0 Å². The van der Waals surface area contributed by atoms with Crippen molar-refractivity contribution in [3.63, 3.8) is 0 Å². The average molecular weight is 268 g/mol. The first-order valence-corrected chi connectivity index (χ1v) is 8.21. The van der Waals surface area contributed by atoms with Crippen LogP contribution in [0.4, 0.5) is 0 Å². The summed E-state index contributed by atoms with van der Waals surface area (Å²) in [6.07, 6.45) is 7.34. The summed E-state index contributed by atoms with van der Waals surface area (Å²) >= 11 is 0. The average Bonchev–Trinajstić information content (AvgIpc) is 2.47. The highest BCUT2D eigenvalue weighted by Gasteiger charge is 2.39. The molecule has 0 saturated carbocycles. The molecule has 1 N–H and O–H groups in total. The lowest BCUT2D eigenvalue weighted by Gasteiger charge is -2.48. The number of likely N-dealkylation sites (tertiary alicyclic amines) is 1. The summed E-state index contributed by atoms with van der Waals surface area (Å²) in [6.45, 7) is 9.16. The first kappa shape index (κ1) is 15.3. The molecular formula is C16H32N2O. The lowest BCUT2D eigenvalue weighted by atomic mass is 9.83. The van der Waals surface area contributed by atoms with Crippen molar-refractivity contribution in [2.24, 2.45) is 0 Å². The number of nitrogens with zero attached hydrogens (tertiary/aromatic N) is 1. The molecule has 2 aliphatic rings. The van der Waals surface area contributed by atoms with E-state index in [0.29, 0.717) is 12.1 Å². The minimum atomic E-state index is 0.155. The second-order valence-corrected chi connectivity index (χ2v) is 6.48. The van der Waals surface area contributed by atoms with Gasteiger partial charge in [0, 0.05) is 31.3 Å². The number of nitrogens with one attached hydrogen (secondary N) is 1. The first-order chi connectivity index (χ1) is 9.14. The Kier molecular flexibility index (Phi) is 5.27. The second-order valence-electron chi connectivity index (χ2n) is 6.48. The smallest absolute Gasteiger partial charge is 0.0692 e. The molecule has 3 nitrogen and oxygen atoms in total. The molecule has 0 aliphatic carbocycles. The highest BCUT2D eigenvalue weighted by Crippen LogP contribution is 2.35. The SMILES string of the molecule is CCC1(CC)CC(N2CCC(NC)CC2C)CCO1. The zero-order chi connectivity index (χ0) is 13.9. The normalized spacial score (nSPS) is 36.3. The quantitative estimate of drug-likeness (QED) is 0.848. The summed E-state index contributed by atoms with van der Waals surface area (Å²) in [5, 5.41) is 3.45. The van der Waals surface area contributed by atoms with Crippen molar-refractivity contribution in [3.8, 4) is 0 Å². The molecule has 0 amide bonds. The van der Waals surface area contributed by atoms with E-state index < -0.39 is 0 Å². The van der Waals surface area contributed by atoms with Crippen LogP contribution in [-0.4, -0.2) is 48.8 Å². The Balaban J connectivity index is 1.98. The van der Waals surface area contributed by atoms with Crippen LogP contribution in [0.25, 0.3) is 0 Å². The van der Waals surface area contributed by atoms with Crippen LogP contribution in [0.5, 0.6) is 0 Å². The van der Waals surface area contributed by atoms with Gasteiger partial charge in [0.25, 0.3) is 0 Å². The molecule has 2 saturated heterocycles. The van der Waals surface area contributed by atoms with E-state index in [1.807, 2.05) is 0 Å². The van der Waals surface area contributed by atoms with Gasteiger partial charge in [-0.1, -0.05) is 13.8 Å². The molecule has 2 rings (SSSR count). The summed E-state index contributed by atoms with van der Waals surface area (Å²) in [4.78, 5) is 2.76. The van der Waals surface area contributed by atoms with Gasteiger partial charge in [-0.25, -0.2) is 0 Å². The molecule has 2 heterocycles. The van der Waals surface area contributed by atoms with E-state index in [0.717, 1.165) is 25.5 Å². The van der Waals surface area contributed by atoms with Crippen LogP contribution < -0.4 is 5.32 Å². The van der Waals surface area contributed by atoms with Crippen molar-refractivity contribution in [1.82, 2.24) is 10.2 Å². The molecule has 2 fully saturated rings. The topological polar surface area (TPSA) is 24.5 Å². The maximum absolute atomic E-state index is 6.12. The van der Waals surface area contributed by atoms with Crippen molar-refractivity contribution < 1.29 is 4.74 Å². The fraction of sp³-hybridized carbons (Fsp3) is 1.00. The minimum absolute atomic E-state index is 0.155. The van der Waals surface area contributed by atoms with Crippen LogP contribution in [0.15, 0.2) is 0 Å². The van der Waals surface area contributed by atoms with Crippen molar-refractivity contribution in [3.05, 3.63) is 0 Å². The fourth-order valence-corrected chi connectivity index (χ4v) is 4.02. The maximum Gasteiger partial charge on any atom is 0.0692 e. The monoisotopic (exact) mass is 268 g/mol. The van der Waals surface area contributed by atoms with E-state index in [-0.39, 0.29) is 5.60 Å². The second kappa shape index (κ2) is 6.55. The summed E-state index contributed by atoms with van der Waals surface area (Å²) in [5.74, 6) is 0. The van der Waals surface area contributed by atoms with E-state index in [4.69, 9.17) is 4.74 Å². The Morgan fingerprint density at radius 3 is 2.58 bits per heavy atom. The zero-order valence-electron chi connectivity index (χ0n) is 13.2. The van der Waals surface area contributed by atoms with Gasteiger partial charge in [-0.05, 0) is 52.5 Å². The predicted molar refractivity (Wildman–Crippen MR) is 80.5 cm³/mol. The molecule has 0 aromatic carbocycles. The van der Waals surface area contributed by atoms with Gasteiger partial charge in [0.15, 0.2) is 0 Å². The van der Waals surface area contributed by atoms with Crippen LogP contribution in [0, 0.1) is 0 Å². The third-order valence-corrected chi connectivity index (χ3v) is 5.56. The number of piperidine rings is 1. The minimum Gasteiger partial charge on any atom is -0.375 e. The van der Waals surface area contributed by atoms with Crippen LogP contribution in [0.2, 0.25) is 0 Å². The number of ether oxygens (including phenoxy) is 1. The first-order valence-electron chi connectivity index (χ1n) is 8.21. The molecule has 0 bridgehead atoms. The maximum atomic E-state index is 6.12. The third-order valence-electron chi connectivity index (χ3n) is 5.56. The van der Waals surface area contributed by atoms with E-state index in [9.17, 15) is 0 Å². The van der Waals surface area contributed by atoms with Gasteiger partial charge in [0.05, 0.1) is 5.60 Å². The Hall–Kier alpha value is -0.120. The van der Waals surface area contributed by atoms with Gasteiger partial charge in [-0.15, -0.1) is 0 Å². The van der Waals surface area contributed by atoms with Gasteiger partial charge in [-0.2, -0.15) is 0 Å². The summed E-state index contributed by atoms with van der Waals surface area (Å²) in [6, 6.07) is 2.16. The molecule has 3 unspecified atom stereocenters. The van der Waals surface area contributed by atoms with Crippen LogP contribution >= 0.6 is 0 Å². The van der Waals surface area contributed by atoms with E-state index >= 15 is 0 Å². The Bertz CT molecular complexity index is 278. The molecule has 0 radical (unpaired) electrons. The molecule has 112 valence electrons. The lowest BCUT2D eigenvalue weighted by molar-refractivity contribution is -0.117. The molecule has 19 heavy (non-hydrogen) atoms. The third kappa shape index (κ3) is 3.32. The van der Waals surface area contributed by atoms with Crippen molar-refractivity contribution in [1.29, 1.82) is 0 Å². The molecule has 0 aromatic heterocycles. The Morgan fingerprint density at radius 2 is 2.00 bits per heavy atom. The van der Waals surface area contributed by atoms with Crippen molar-refractivity contribution >= 4 is 0 Å². The molecular weight excluding hydrogens is 236 g/mol. The molecule has 0 spiro atoms. The van der Waals surface area contributed by atoms with Gasteiger partial charge in [0.2, 0.25) is 0 Å². The zero-order valence-corrected chi connectivity index (χ0v) is 13.2. The van der Waals surface area contributed by atoms with Gasteiger partial charge in [0.1, 0.15) is 0 Å². The summed E-state index contributed by atoms with van der Waals surface area (Å²) in [5.41, 5.74) is 0.155.